The molecule has 0 radical (unpaired) electrons. The molecule has 1 atom stereocenters. The Balaban J connectivity index is 1.46. The number of aryl methyl sites for hydroxylation is 1. The van der Waals surface area contributed by atoms with E-state index >= 15 is 0 Å². The molecule has 0 saturated heterocycles. The van der Waals surface area contributed by atoms with Crippen LogP contribution in [-0.4, -0.2) is 20.6 Å². The van der Waals surface area contributed by atoms with Crippen molar-refractivity contribution in [3.05, 3.63) is 65.6 Å². The number of nitrogens with zero attached hydrogens (tertiary/aromatic N) is 3. The van der Waals surface area contributed by atoms with Gasteiger partial charge in [-0.05, 0) is 42.5 Å². The third-order valence-corrected chi connectivity index (χ3v) is 4.28. The van der Waals surface area contributed by atoms with Crippen LogP contribution < -0.4 is 5.32 Å². The van der Waals surface area contributed by atoms with Crippen LogP contribution in [0.1, 0.15) is 23.4 Å². The highest BCUT2D eigenvalue weighted by Crippen LogP contribution is 2.21. The van der Waals surface area contributed by atoms with Gasteiger partial charge in [-0.15, -0.1) is 10.2 Å². The Kier molecular flexibility index (Phi) is 3.16. The summed E-state index contributed by atoms with van der Waals surface area (Å²) in [6, 6.07) is 15.3. The monoisotopic (exact) mass is 278 g/mol. The number of benzene rings is 1. The van der Waals surface area contributed by atoms with Gasteiger partial charge in [-0.3, -0.25) is 4.40 Å². The van der Waals surface area contributed by atoms with Gasteiger partial charge in [0.1, 0.15) is 0 Å². The van der Waals surface area contributed by atoms with E-state index in [-0.39, 0.29) is 0 Å². The maximum atomic E-state index is 4.27. The fourth-order valence-electron chi connectivity index (χ4n) is 3.12. The van der Waals surface area contributed by atoms with Crippen LogP contribution in [0.2, 0.25) is 0 Å². The maximum absolute atomic E-state index is 4.27. The van der Waals surface area contributed by atoms with Crippen LogP contribution in [0.25, 0.3) is 5.65 Å². The van der Waals surface area contributed by atoms with Crippen molar-refractivity contribution in [1.29, 1.82) is 0 Å². The summed E-state index contributed by atoms with van der Waals surface area (Å²) in [6.45, 7) is 0.762. The molecule has 1 unspecified atom stereocenters. The van der Waals surface area contributed by atoms with E-state index in [2.05, 4.69) is 39.8 Å². The Morgan fingerprint density at radius 1 is 1.05 bits per heavy atom. The van der Waals surface area contributed by atoms with E-state index in [1.807, 2.05) is 28.8 Å². The number of rotatable bonds is 3. The van der Waals surface area contributed by atoms with Crippen molar-refractivity contribution in [3.8, 4) is 0 Å². The predicted octanol–water partition coefficient (Wildman–Crippen LogP) is 2.38. The fraction of sp³-hybridized carbons (Fsp3) is 0.294. The minimum absolute atomic E-state index is 0.524. The number of hydrogen-bond acceptors (Lipinski definition) is 3. The third-order valence-electron chi connectivity index (χ3n) is 4.28. The number of fused-ring (bicyclic) bond motifs is 2. The van der Waals surface area contributed by atoms with Gasteiger partial charge in [0.2, 0.25) is 0 Å². The average Bonchev–Trinajstić information content (AvgIpc) is 2.96. The van der Waals surface area contributed by atoms with Crippen LogP contribution in [0.4, 0.5) is 0 Å². The van der Waals surface area contributed by atoms with Crippen LogP contribution in [0.5, 0.6) is 0 Å². The van der Waals surface area contributed by atoms with Gasteiger partial charge in [0, 0.05) is 12.2 Å². The Labute approximate surface area is 123 Å². The lowest BCUT2D eigenvalue weighted by atomic mass is 9.88. The molecule has 0 amide bonds. The summed E-state index contributed by atoms with van der Waals surface area (Å²) in [7, 11) is 0. The van der Waals surface area contributed by atoms with Crippen LogP contribution in [0, 0.1) is 0 Å². The van der Waals surface area contributed by atoms with Crippen LogP contribution in [0.15, 0.2) is 48.7 Å². The Bertz CT molecular complexity index is 762. The van der Waals surface area contributed by atoms with E-state index < -0.39 is 0 Å². The highest BCUT2D eigenvalue weighted by atomic mass is 15.3. The first kappa shape index (κ1) is 12.5. The zero-order valence-electron chi connectivity index (χ0n) is 11.9. The van der Waals surface area contributed by atoms with Gasteiger partial charge in [-0.25, -0.2) is 0 Å². The van der Waals surface area contributed by atoms with Crippen molar-refractivity contribution < 1.29 is 0 Å². The van der Waals surface area contributed by atoms with Crippen LogP contribution >= 0.6 is 0 Å². The zero-order chi connectivity index (χ0) is 14.1. The smallest absolute Gasteiger partial charge is 0.160 e. The molecule has 0 fully saturated rings. The molecule has 1 aliphatic rings. The van der Waals surface area contributed by atoms with Crippen molar-refractivity contribution >= 4 is 5.65 Å². The molecule has 0 bridgehead atoms. The van der Waals surface area contributed by atoms with E-state index in [0.29, 0.717) is 6.04 Å². The topological polar surface area (TPSA) is 42.2 Å². The van der Waals surface area contributed by atoms with Crippen molar-refractivity contribution in [3.63, 3.8) is 0 Å². The van der Waals surface area contributed by atoms with E-state index in [9.17, 15) is 0 Å². The first-order valence-electron chi connectivity index (χ1n) is 7.49. The molecule has 4 rings (SSSR count). The lowest BCUT2D eigenvalue weighted by Gasteiger charge is -2.25. The summed E-state index contributed by atoms with van der Waals surface area (Å²) in [5.41, 5.74) is 3.89. The minimum atomic E-state index is 0.524. The molecule has 1 aliphatic carbocycles. The summed E-state index contributed by atoms with van der Waals surface area (Å²) in [5, 5.41) is 12.1. The molecule has 2 aromatic heterocycles. The van der Waals surface area contributed by atoms with Gasteiger partial charge >= 0.3 is 0 Å². The molecule has 1 aromatic carbocycles. The van der Waals surface area contributed by atoms with Crippen molar-refractivity contribution in [2.75, 3.05) is 0 Å². The zero-order valence-corrected chi connectivity index (χ0v) is 11.9. The number of pyridine rings is 1. The normalized spacial score (nSPS) is 17.8. The molecule has 21 heavy (non-hydrogen) atoms. The largest absolute Gasteiger partial charge is 0.307 e. The first-order chi connectivity index (χ1) is 10.4. The third kappa shape index (κ3) is 2.43. The minimum Gasteiger partial charge on any atom is -0.307 e. The lowest BCUT2D eigenvalue weighted by Crippen LogP contribution is -2.34. The highest BCUT2D eigenvalue weighted by Gasteiger charge is 2.18. The second-order valence-electron chi connectivity index (χ2n) is 5.63. The number of hydrogen-bond donors (Lipinski definition) is 1. The van der Waals surface area contributed by atoms with E-state index in [0.717, 1.165) is 30.9 Å². The molecular weight excluding hydrogens is 260 g/mol. The molecule has 0 aliphatic heterocycles. The fourth-order valence-corrected chi connectivity index (χ4v) is 3.12. The van der Waals surface area contributed by atoms with Gasteiger partial charge in [0.05, 0.1) is 6.54 Å². The number of aromatic nitrogens is 3. The van der Waals surface area contributed by atoms with Crippen molar-refractivity contribution in [1.82, 2.24) is 19.9 Å². The quantitative estimate of drug-likeness (QED) is 0.800. The Hall–Kier alpha value is -2.20. The summed E-state index contributed by atoms with van der Waals surface area (Å²) in [5.74, 6) is 0.976. The molecule has 3 aromatic rings. The second-order valence-corrected chi connectivity index (χ2v) is 5.63. The SMILES string of the molecule is c1ccc2c(c1)CCC(NCc1nnc3ccccn13)C2. The van der Waals surface area contributed by atoms with E-state index in [4.69, 9.17) is 0 Å². The predicted molar refractivity (Wildman–Crippen MR) is 82.1 cm³/mol. The molecule has 2 heterocycles. The molecule has 4 heteroatoms. The van der Waals surface area contributed by atoms with E-state index in [1.54, 1.807) is 0 Å². The van der Waals surface area contributed by atoms with E-state index in [1.165, 1.54) is 17.5 Å². The van der Waals surface area contributed by atoms with Gasteiger partial charge in [0.15, 0.2) is 11.5 Å². The molecular formula is C17H18N4. The highest BCUT2D eigenvalue weighted by molar-refractivity contribution is 5.37. The standard InChI is InChI=1S/C17H18N4/c1-2-6-14-11-15(9-8-13(14)5-1)18-12-17-20-19-16-7-3-4-10-21(16)17/h1-7,10,15,18H,8-9,11-12H2. The summed E-state index contributed by atoms with van der Waals surface area (Å²) in [6.07, 6.45) is 5.47. The van der Waals surface area contributed by atoms with Gasteiger partial charge in [-0.2, -0.15) is 0 Å². The second kappa shape index (κ2) is 5.30. The molecule has 106 valence electrons. The Morgan fingerprint density at radius 3 is 2.86 bits per heavy atom. The first-order valence-corrected chi connectivity index (χ1v) is 7.49. The average molecular weight is 278 g/mol. The van der Waals surface area contributed by atoms with Crippen LogP contribution in [-0.2, 0) is 19.4 Å². The van der Waals surface area contributed by atoms with Crippen molar-refractivity contribution in [2.45, 2.75) is 31.8 Å². The summed E-state index contributed by atoms with van der Waals surface area (Å²) < 4.78 is 2.05. The van der Waals surface area contributed by atoms with Gasteiger partial charge in [-0.1, -0.05) is 30.3 Å². The lowest BCUT2D eigenvalue weighted by molar-refractivity contribution is 0.450. The van der Waals surface area contributed by atoms with Crippen molar-refractivity contribution in [2.24, 2.45) is 0 Å². The molecule has 4 nitrogen and oxygen atoms in total. The Morgan fingerprint density at radius 2 is 1.90 bits per heavy atom. The van der Waals surface area contributed by atoms with Gasteiger partial charge in [0.25, 0.3) is 0 Å². The molecule has 0 spiro atoms. The van der Waals surface area contributed by atoms with Gasteiger partial charge < -0.3 is 5.32 Å². The summed E-state index contributed by atoms with van der Waals surface area (Å²) >= 11 is 0. The van der Waals surface area contributed by atoms with Crippen LogP contribution in [0.3, 0.4) is 0 Å². The summed E-state index contributed by atoms with van der Waals surface area (Å²) in [4.78, 5) is 0. The molecule has 1 N–H and O–H groups in total. The number of nitrogens with one attached hydrogen (secondary N) is 1. The maximum Gasteiger partial charge on any atom is 0.160 e. The molecule has 0 saturated carbocycles.